The molecule has 2 aromatic carbocycles. The molecule has 0 aliphatic heterocycles. The number of rotatable bonds is 4. The molecule has 0 spiro atoms. The first-order chi connectivity index (χ1) is 10.2. The van der Waals surface area contributed by atoms with Crippen LogP contribution < -0.4 is 10.1 Å². The SMILES string of the molecule is COc1cccc(Nc2cccc3cc(C(C)=O)oc23)c1. The minimum Gasteiger partial charge on any atom is -0.497 e. The Balaban J connectivity index is 2.01. The monoisotopic (exact) mass is 281 g/mol. The van der Waals surface area contributed by atoms with Gasteiger partial charge in [-0.25, -0.2) is 0 Å². The van der Waals surface area contributed by atoms with Gasteiger partial charge in [-0.1, -0.05) is 18.2 Å². The molecule has 0 aliphatic rings. The summed E-state index contributed by atoms with van der Waals surface area (Å²) >= 11 is 0. The topological polar surface area (TPSA) is 51.5 Å². The van der Waals surface area contributed by atoms with Crippen LogP contribution >= 0.6 is 0 Å². The number of fused-ring (bicyclic) bond motifs is 1. The quantitative estimate of drug-likeness (QED) is 0.721. The van der Waals surface area contributed by atoms with Crippen molar-refractivity contribution in [2.75, 3.05) is 12.4 Å². The Labute approximate surface area is 122 Å². The number of carbonyl (C=O) groups is 1. The van der Waals surface area contributed by atoms with E-state index < -0.39 is 0 Å². The molecule has 3 aromatic rings. The summed E-state index contributed by atoms with van der Waals surface area (Å²) < 4.78 is 10.9. The molecule has 1 heterocycles. The molecule has 21 heavy (non-hydrogen) atoms. The van der Waals surface area contributed by atoms with Gasteiger partial charge in [0.15, 0.2) is 17.1 Å². The smallest absolute Gasteiger partial charge is 0.194 e. The molecule has 3 rings (SSSR count). The van der Waals surface area contributed by atoms with Crippen molar-refractivity contribution >= 4 is 28.1 Å². The number of benzene rings is 2. The summed E-state index contributed by atoms with van der Waals surface area (Å²) in [6, 6.07) is 15.1. The summed E-state index contributed by atoms with van der Waals surface area (Å²) in [6.07, 6.45) is 0. The average Bonchev–Trinajstić information content (AvgIpc) is 2.93. The predicted octanol–water partition coefficient (Wildman–Crippen LogP) is 4.39. The lowest BCUT2D eigenvalue weighted by Gasteiger charge is -2.08. The standard InChI is InChI=1S/C17H15NO3/c1-11(19)16-9-12-5-3-8-15(17(12)21-16)18-13-6-4-7-14(10-13)20-2/h3-10,18H,1-2H3. The molecule has 0 aliphatic carbocycles. The van der Waals surface area contributed by atoms with Crippen LogP contribution in [0.3, 0.4) is 0 Å². The lowest BCUT2D eigenvalue weighted by atomic mass is 10.2. The number of furan rings is 1. The van der Waals surface area contributed by atoms with Crippen molar-refractivity contribution in [2.45, 2.75) is 6.92 Å². The highest BCUT2D eigenvalue weighted by molar-refractivity contribution is 5.99. The van der Waals surface area contributed by atoms with Crippen molar-refractivity contribution in [1.29, 1.82) is 0 Å². The fourth-order valence-electron chi connectivity index (χ4n) is 2.19. The van der Waals surface area contributed by atoms with Crippen LogP contribution in [0.2, 0.25) is 0 Å². The number of hydrogen-bond donors (Lipinski definition) is 1. The lowest BCUT2D eigenvalue weighted by molar-refractivity contribution is 0.0989. The number of anilines is 2. The van der Waals surface area contributed by atoms with Gasteiger partial charge in [-0.05, 0) is 24.3 Å². The Kier molecular flexibility index (Phi) is 3.36. The van der Waals surface area contributed by atoms with Crippen LogP contribution in [0.4, 0.5) is 11.4 Å². The zero-order chi connectivity index (χ0) is 14.8. The summed E-state index contributed by atoms with van der Waals surface area (Å²) in [5.41, 5.74) is 2.38. The fourth-order valence-corrected chi connectivity index (χ4v) is 2.19. The first-order valence-electron chi connectivity index (χ1n) is 6.62. The fraction of sp³-hybridized carbons (Fsp3) is 0.118. The van der Waals surface area contributed by atoms with Gasteiger partial charge >= 0.3 is 0 Å². The highest BCUT2D eigenvalue weighted by Crippen LogP contribution is 2.30. The number of ketones is 1. The van der Waals surface area contributed by atoms with Gasteiger partial charge in [0.05, 0.1) is 12.8 Å². The summed E-state index contributed by atoms with van der Waals surface area (Å²) in [6.45, 7) is 1.49. The second-order valence-corrected chi connectivity index (χ2v) is 4.75. The number of nitrogens with one attached hydrogen (secondary N) is 1. The van der Waals surface area contributed by atoms with Crippen molar-refractivity contribution in [3.05, 3.63) is 54.3 Å². The predicted molar refractivity (Wildman–Crippen MR) is 82.5 cm³/mol. The Hall–Kier alpha value is -2.75. The molecule has 0 saturated carbocycles. The highest BCUT2D eigenvalue weighted by atomic mass is 16.5. The molecule has 0 fully saturated rings. The molecule has 0 atom stereocenters. The Morgan fingerprint density at radius 3 is 2.71 bits per heavy atom. The van der Waals surface area contributed by atoms with E-state index in [1.54, 1.807) is 13.2 Å². The van der Waals surface area contributed by atoms with Crippen molar-refractivity contribution in [3.63, 3.8) is 0 Å². The first kappa shape index (κ1) is 13.2. The molecule has 1 N–H and O–H groups in total. The molecule has 0 bridgehead atoms. The first-order valence-corrected chi connectivity index (χ1v) is 6.62. The number of hydrogen-bond acceptors (Lipinski definition) is 4. The second-order valence-electron chi connectivity index (χ2n) is 4.75. The molecule has 1 aromatic heterocycles. The van der Waals surface area contributed by atoms with Crippen LogP contribution in [0.1, 0.15) is 17.5 Å². The van der Waals surface area contributed by atoms with Crippen LogP contribution in [-0.2, 0) is 0 Å². The van der Waals surface area contributed by atoms with Gasteiger partial charge < -0.3 is 14.5 Å². The van der Waals surface area contributed by atoms with Crippen LogP contribution in [0, 0.1) is 0 Å². The van der Waals surface area contributed by atoms with Crippen LogP contribution in [0.5, 0.6) is 5.75 Å². The summed E-state index contributed by atoms with van der Waals surface area (Å²) in [7, 11) is 1.63. The Morgan fingerprint density at radius 1 is 1.14 bits per heavy atom. The zero-order valence-corrected chi connectivity index (χ0v) is 11.8. The minimum atomic E-state index is -0.0847. The average molecular weight is 281 g/mol. The minimum absolute atomic E-state index is 0.0847. The van der Waals surface area contributed by atoms with Gasteiger partial charge in [0.1, 0.15) is 5.75 Å². The van der Waals surface area contributed by atoms with Gasteiger partial charge in [0.25, 0.3) is 0 Å². The van der Waals surface area contributed by atoms with E-state index in [0.29, 0.717) is 11.3 Å². The van der Waals surface area contributed by atoms with Gasteiger partial charge in [0, 0.05) is 24.1 Å². The van der Waals surface area contributed by atoms with E-state index in [-0.39, 0.29) is 5.78 Å². The second kappa shape index (κ2) is 5.32. The van der Waals surface area contributed by atoms with E-state index in [9.17, 15) is 4.79 Å². The van der Waals surface area contributed by atoms with E-state index in [0.717, 1.165) is 22.5 Å². The summed E-state index contributed by atoms with van der Waals surface area (Å²) in [5.74, 6) is 1.06. The van der Waals surface area contributed by atoms with E-state index >= 15 is 0 Å². The number of carbonyl (C=O) groups excluding carboxylic acids is 1. The van der Waals surface area contributed by atoms with Gasteiger partial charge in [0.2, 0.25) is 0 Å². The van der Waals surface area contributed by atoms with E-state index in [1.807, 2.05) is 42.5 Å². The van der Waals surface area contributed by atoms with Gasteiger partial charge in [-0.2, -0.15) is 0 Å². The van der Waals surface area contributed by atoms with E-state index in [1.165, 1.54) is 6.92 Å². The maximum atomic E-state index is 11.4. The molecular formula is C17H15NO3. The van der Waals surface area contributed by atoms with E-state index in [2.05, 4.69) is 5.32 Å². The number of ether oxygens (including phenoxy) is 1. The maximum absolute atomic E-state index is 11.4. The summed E-state index contributed by atoms with van der Waals surface area (Å²) in [5, 5.41) is 4.19. The van der Waals surface area contributed by atoms with Crippen molar-refractivity contribution in [3.8, 4) is 5.75 Å². The van der Waals surface area contributed by atoms with Gasteiger partial charge in [-0.15, -0.1) is 0 Å². The number of para-hydroxylation sites is 1. The molecule has 0 unspecified atom stereocenters. The van der Waals surface area contributed by atoms with Crippen LogP contribution in [0.25, 0.3) is 11.0 Å². The summed E-state index contributed by atoms with van der Waals surface area (Å²) in [4.78, 5) is 11.4. The molecule has 4 nitrogen and oxygen atoms in total. The molecular weight excluding hydrogens is 266 g/mol. The van der Waals surface area contributed by atoms with Crippen LogP contribution in [0.15, 0.2) is 52.9 Å². The third-order valence-corrected chi connectivity index (χ3v) is 3.24. The third kappa shape index (κ3) is 2.60. The van der Waals surface area contributed by atoms with E-state index in [4.69, 9.17) is 9.15 Å². The lowest BCUT2D eigenvalue weighted by Crippen LogP contribution is -1.91. The maximum Gasteiger partial charge on any atom is 0.194 e. The molecule has 106 valence electrons. The third-order valence-electron chi connectivity index (χ3n) is 3.24. The molecule has 0 saturated heterocycles. The number of methoxy groups -OCH3 is 1. The normalized spacial score (nSPS) is 10.6. The van der Waals surface area contributed by atoms with Gasteiger partial charge in [-0.3, -0.25) is 4.79 Å². The van der Waals surface area contributed by atoms with Crippen molar-refractivity contribution in [1.82, 2.24) is 0 Å². The largest absolute Gasteiger partial charge is 0.497 e. The Morgan fingerprint density at radius 2 is 1.95 bits per heavy atom. The zero-order valence-electron chi connectivity index (χ0n) is 11.8. The van der Waals surface area contributed by atoms with Crippen molar-refractivity contribution < 1.29 is 13.9 Å². The number of Topliss-reactive ketones (excluding diaryl/α,β-unsaturated/α-hetero) is 1. The molecule has 0 radical (unpaired) electrons. The van der Waals surface area contributed by atoms with Crippen LogP contribution in [-0.4, -0.2) is 12.9 Å². The van der Waals surface area contributed by atoms with Crippen molar-refractivity contribution in [2.24, 2.45) is 0 Å². The molecule has 4 heteroatoms. The Bertz CT molecular complexity index is 805. The molecule has 0 amide bonds. The highest BCUT2D eigenvalue weighted by Gasteiger charge is 2.11.